The topological polar surface area (TPSA) is 53.4 Å². The summed E-state index contributed by atoms with van der Waals surface area (Å²) in [6.07, 6.45) is 1.73. The summed E-state index contributed by atoms with van der Waals surface area (Å²) < 4.78 is 1.84. The van der Waals surface area contributed by atoms with E-state index < -0.39 is 0 Å². The van der Waals surface area contributed by atoms with Gasteiger partial charge < -0.3 is 15.1 Å². The maximum atomic E-state index is 13.8. The Morgan fingerprint density at radius 3 is 2.39 bits per heavy atom. The summed E-state index contributed by atoms with van der Waals surface area (Å²) >= 11 is 12.5. The molecule has 3 aromatic rings. The number of aryl methyl sites for hydroxylation is 1. The number of halogens is 2. The summed E-state index contributed by atoms with van der Waals surface area (Å²) in [5.41, 5.74) is 4.80. The Morgan fingerprint density at radius 1 is 0.970 bits per heavy atom. The molecular formula is C25H25Cl2N5O. The van der Waals surface area contributed by atoms with Crippen LogP contribution >= 0.6 is 23.2 Å². The number of anilines is 2. The van der Waals surface area contributed by atoms with Gasteiger partial charge in [-0.05, 0) is 43.7 Å². The van der Waals surface area contributed by atoms with Crippen LogP contribution in [0.2, 0.25) is 10.0 Å². The van der Waals surface area contributed by atoms with Crippen molar-refractivity contribution in [3.8, 4) is 0 Å². The minimum atomic E-state index is -0.381. The second-order valence-corrected chi connectivity index (χ2v) is 9.33. The predicted octanol–water partition coefficient (Wildman–Crippen LogP) is 5.14. The van der Waals surface area contributed by atoms with Gasteiger partial charge in [0.05, 0.1) is 21.8 Å². The van der Waals surface area contributed by atoms with Crippen molar-refractivity contribution in [2.75, 3.05) is 36.4 Å². The molecule has 1 fully saturated rings. The van der Waals surface area contributed by atoms with Crippen LogP contribution in [0.3, 0.4) is 0 Å². The number of fused-ring (bicyclic) bond motifs is 1. The zero-order chi connectivity index (χ0) is 23.1. The van der Waals surface area contributed by atoms with E-state index in [9.17, 15) is 4.79 Å². The Kier molecular flexibility index (Phi) is 5.81. The van der Waals surface area contributed by atoms with Gasteiger partial charge in [0.2, 0.25) is 0 Å². The maximum Gasteiger partial charge on any atom is 0.254 e. The van der Waals surface area contributed by atoms with E-state index in [1.165, 1.54) is 11.3 Å². The molecule has 2 aromatic carbocycles. The van der Waals surface area contributed by atoms with E-state index >= 15 is 0 Å². The number of carbonyl (C=O) groups excluding carboxylic acids is 1. The largest absolute Gasteiger partial charge is 0.368 e. The van der Waals surface area contributed by atoms with Crippen LogP contribution in [0.25, 0.3) is 0 Å². The van der Waals surface area contributed by atoms with Gasteiger partial charge in [-0.15, -0.1) is 0 Å². The molecule has 1 N–H and O–H groups in total. The Labute approximate surface area is 203 Å². The van der Waals surface area contributed by atoms with Crippen molar-refractivity contribution in [3.63, 3.8) is 0 Å². The smallest absolute Gasteiger partial charge is 0.254 e. The number of benzene rings is 2. The minimum Gasteiger partial charge on any atom is -0.368 e. The fourth-order valence-corrected chi connectivity index (χ4v) is 4.87. The van der Waals surface area contributed by atoms with Crippen molar-refractivity contribution < 1.29 is 4.79 Å². The van der Waals surface area contributed by atoms with Gasteiger partial charge in [0.25, 0.3) is 5.91 Å². The summed E-state index contributed by atoms with van der Waals surface area (Å²) in [6.45, 7) is 6.92. The van der Waals surface area contributed by atoms with Crippen LogP contribution in [0.4, 0.5) is 11.5 Å². The molecule has 0 aliphatic carbocycles. The lowest BCUT2D eigenvalue weighted by Gasteiger charge is -2.38. The molecule has 170 valence electrons. The lowest BCUT2D eigenvalue weighted by molar-refractivity contribution is -0.127. The van der Waals surface area contributed by atoms with Crippen molar-refractivity contribution in [1.29, 1.82) is 0 Å². The third kappa shape index (κ3) is 4.09. The molecule has 8 heteroatoms. The zero-order valence-corrected chi connectivity index (χ0v) is 20.1. The van der Waals surface area contributed by atoms with Crippen molar-refractivity contribution in [2.24, 2.45) is 0 Å². The molecule has 2 aliphatic heterocycles. The van der Waals surface area contributed by atoms with Gasteiger partial charge in [-0.3, -0.25) is 4.79 Å². The Hall–Kier alpha value is -2.96. The van der Waals surface area contributed by atoms with Crippen molar-refractivity contribution >= 4 is 40.6 Å². The van der Waals surface area contributed by atoms with Crippen LogP contribution in [0, 0.1) is 6.92 Å². The first-order valence-corrected chi connectivity index (χ1v) is 11.7. The van der Waals surface area contributed by atoms with E-state index in [0.717, 1.165) is 30.2 Å². The first kappa shape index (κ1) is 21.9. The van der Waals surface area contributed by atoms with Crippen LogP contribution in [-0.4, -0.2) is 46.8 Å². The van der Waals surface area contributed by atoms with Gasteiger partial charge in [-0.25, -0.2) is 4.68 Å². The number of hydrogen-bond donors (Lipinski definition) is 1. The second-order valence-electron chi connectivity index (χ2n) is 8.52. The second kappa shape index (κ2) is 8.76. The normalized spacial score (nSPS) is 18.2. The van der Waals surface area contributed by atoms with Crippen LogP contribution in [0.5, 0.6) is 0 Å². The predicted molar refractivity (Wildman–Crippen MR) is 133 cm³/mol. The molecule has 1 aromatic heterocycles. The molecule has 0 bridgehead atoms. The lowest BCUT2D eigenvalue weighted by atomic mass is 9.94. The fraction of sp³-hybridized carbons (Fsp3) is 0.280. The molecular weight excluding hydrogens is 457 g/mol. The number of piperazine rings is 1. The van der Waals surface area contributed by atoms with Gasteiger partial charge >= 0.3 is 0 Å². The summed E-state index contributed by atoms with van der Waals surface area (Å²) in [5.74, 6) is 0.852. The molecule has 1 unspecified atom stereocenters. The highest BCUT2D eigenvalue weighted by atomic mass is 35.5. The van der Waals surface area contributed by atoms with E-state index in [-0.39, 0.29) is 11.9 Å². The van der Waals surface area contributed by atoms with Crippen molar-refractivity contribution in [3.05, 3.63) is 87.2 Å². The molecule has 5 rings (SSSR count). The number of nitrogens with zero attached hydrogens (tertiary/aromatic N) is 4. The van der Waals surface area contributed by atoms with E-state index in [0.29, 0.717) is 28.7 Å². The fourth-order valence-electron chi connectivity index (χ4n) is 4.57. The standard InChI is InChI=1S/C25H25Cl2N5O/c1-16-3-6-19(7-4-16)30-11-13-31(14-12-30)25(33)23-17(2)29-22-9-10-28-32(22)24(23)18-5-8-20(26)21(27)15-18/h3-10,15,24,29H,11-14H2,1-2H3. The number of rotatable bonds is 3. The summed E-state index contributed by atoms with van der Waals surface area (Å²) in [4.78, 5) is 18.1. The maximum absolute atomic E-state index is 13.8. The Morgan fingerprint density at radius 2 is 1.70 bits per heavy atom. The summed E-state index contributed by atoms with van der Waals surface area (Å²) in [7, 11) is 0. The Balaban J connectivity index is 1.42. The highest BCUT2D eigenvalue weighted by molar-refractivity contribution is 6.42. The van der Waals surface area contributed by atoms with E-state index in [4.69, 9.17) is 23.2 Å². The average molecular weight is 482 g/mol. The number of hydrogen-bond acceptors (Lipinski definition) is 4. The van der Waals surface area contributed by atoms with Gasteiger partial charge in [-0.2, -0.15) is 5.10 Å². The summed E-state index contributed by atoms with van der Waals surface area (Å²) in [5, 5.41) is 8.78. The molecule has 1 atom stereocenters. The SMILES string of the molecule is CC1=C(C(=O)N2CCN(c3ccc(C)cc3)CC2)C(c2ccc(Cl)c(Cl)c2)n2nccc2N1. The Bertz CT molecular complexity index is 1230. The van der Waals surface area contributed by atoms with Gasteiger partial charge in [-0.1, -0.05) is 47.0 Å². The quantitative estimate of drug-likeness (QED) is 0.562. The number of allylic oxidation sites excluding steroid dienone is 1. The summed E-state index contributed by atoms with van der Waals surface area (Å²) in [6, 6.07) is 15.5. The number of amides is 1. The molecule has 1 saturated heterocycles. The van der Waals surface area contributed by atoms with Crippen LogP contribution in [0.1, 0.15) is 24.1 Å². The van der Waals surface area contributed by atoms with Crippen LogP contribution in [-0.2, 0) is 4.79 Å². The van der Waals surface area contributed by atoms with Crippen LogP contribution in [0.15, 0.2) is 66.0 Å². The molecule has 0 spiro atoms. The van der Waals surface area contributed by atoms with E-state index in [1.807, 2.05) is 34.7 Å². The molecule has 3 heterocycles. The third-order valence-corrected chi connectivity index (χ3v) is 7.10. The highest BCUT2D eigenvalue weighted by Gasteiger charge is 2.36. The van der Waals surface area contributed by atoms with Crippen molar-refractivity contribution in [2.45, 2.75) is 19.9 Å². The van der Waals surface area contributed by atoms with Gasteiger partial charge in [0.15, 0.2) is 0 Å². The van der Waals surface area contributed by atoms with Gasteiger partial charge in [0, 0.05) is 43.6 Å². The zero-order valence-electron chi connectivity index (χ0n) is 18.6. The van der Waals surface area contributed by atoms with Gasteiger partial charge in [0.1, 0.15) is 11.9 Å². The molecule has 2 aliphatic rings. The van der Waals surface area contributed by atoms with Crippen LogP contribution < -0.4 is 10.2 Å². The minimum absolute atomic E-state index is 0.0146. The molecule has 6 nitrogen and oxygen atoms in total. The molecule has 1 amide bonds. The lowest BCUT2D eigenvalue weighted by Crippen LogP contribution is -2.50. The number of aromatic nitrogens is 2. The number of nitrogens with one attached hydrogen (secondary N) is 1. The molecule has 33 heavy (non-hydrogen) atoms. The molecule has 0 saturated carbocycles. The van der Waals surface area contributed by atoms with Crippen molar-refractivity contribution in [1.82, 2.24) is 14.7 Å². The first-order chi connectivity index (χ1) is 15.9. The molecule has 0 radical (unpaired) electrons. The average Bonchev–Trinajstić information content (AvgIpc) is 3.28. The third-order valence-electron chi connectivity index (χ3n) is 6.36. The van der Waals surface area contributed by atoms with E-state index in [2.05, 4.69) is 46.5 Å². The highest BCUT2D eigenvalue weighted by Crippen LogP contribution is 2.38. The monoisotopic (exact) mass is 481 g/mol. The first-order valence-electron chi connectivity index (χ1n) is 11.0. The number of carbonyl (C=O) groups is 1. The van der Waals surface area contributed by atoms with E-state index in [1.54, 1.807) is 12.3 Å².